The predicted octanol–water partition coefficient (Wildman–Crippen LogP) is 4.45. The van der Waals surface area contributed by atoms with Crippen molar-refractivity contribution in [2.24, 2.45) is 17.6 Å². The van der Waals surface area contributed by atoms with Crippen LogP contribution in [0.25, 0.3) is 0 Å². The maximum Gasteiger partial charge on any atom is 0.0409 e. The molecule has 20 heavy (non-hydrogen) atoms. The molecular weight excluding hydrogens is 266 g/mol. The zero-order valence-electron chi connectivity index (χ0n) is 12.1. The van der Waals surface area contributed by atoms with Gasteiger partial charge < -0.3 is 5.73 Å². The maximum atomic E-state index is 6.22. The lowest BCUT2D eigenvalue weighted by atomic mass is 9.81. The van der Waals surface area contributed by atoms with Crippen LogP contribution in [0.4, 0.5) is 0 Å². The van der Waals surface area contributed by atoms with E-state index in [1.54, 1.807) is 11.1 Å². The van der Waals surface area contributed by atoms with Gasteiger partial charge in [0.15, 0.2) is 0 Å². The van der Waals surface area contributed by atoms with Crippen molar-refractivity contribution in [1.82, 2.24) is 0 Å². The van der Waals surface area contributed by atoms with E-state index in [1.807, 2.05) is 0 Å². The fraction of sp³-hybridized carbons (Fsp3) is 0.667. The van der Waals surface area contributed by atoms with Crippen molar-refractivity contribution in [2.75, 3.05) is 0 Å². The molecule has 1 aromatic carbocycles. The molecule has 3 aliphatic rings. The fourth-order valence-corrected chi connectivity index (χ4v) is 5.05. The van der Waals surface area contributed by atoms with Gasteiger partial charge in [-0.3, -0.25) is 0 Å². The van der Waals surface area contributed by atoms with Crippen molar-refractivity contribution in [3.63, 3.8) is 0 Å². The first-order valence-electron chi connectivity index (χ1n) is 8.22. The quantitative estimate of drug-likeness (QED) is 0.855. The van der Waals surface area contributed by atoms with Crippen molar-refractivity contribution >= 4 is 11.6 Å². The van der Waals surface area contributed by atoms with Crippen molar-refractivity contribution < 1.29 is 0 Å². The van der Waals surface area contributed by atoms with Gasteiger partial charge in [-0.05, 0) is 91.9 Å². The third-order valence-electron chi connectivity index (χ3n) is 6.19. The van der Waals surface area contributed by atoms with Gasteiger partial charge in [-0.1, -0.05) is 17.7 Å². The zero-order valence-corrected chi connectivity index (χ0v) is 12.8. The van der Waals surface area contributed by atoms with Gasteiger partial charge in [0, 0.05) is 11.1 Å². The van der Waals surface area contributed by atoms with E-state index in [9.17, 15) is 0 Å². The van der Waals surface area contributed by atoms with E-state index in [0.29, 0.717) is 11.5 Å². The Balaban J connectivity index is 1.47. The average Bonchev–Trinajstić information content (AvgIpc) is 3.01. The standard InChI is InChI=1S/C18H24ClN/c19-15-4-3-13-7-8-18(17(13)10-15)11-14(18)9-12-1-5-16(20)6-2-12/h3-4,10,12,14,16H,1-2,5-9,11,20H2. The minimum atomic E-state index is 0.477. The van der Waals surface area contributed by atoms with Crippen LogP contribution in [0.2, 0.25) is 5.02 Å². The van der Waals surface area contributed by atoms with Crippen LogP contribution in [-0.2, 0) is 11.8 Å². The smallest absolute Gasteiger partial charge is 0.0409 e. The Labute approximate surface area is 126 Å². The number of aryl methyl sites for hydroxylation is 1. The topological polar surface area (TPSA) is 26.0 Å². The molecule has 0 bridgehead atoms. The van der Waals surface area contributed by atoms with E-state index in [2.05, 4.69) is 18.2 Å². The summed E-state index contributed by atoms with van der Waals surface area (Å²) in [4.78, 5) is 0. The van der Waals surface area contributed by atoms with Gasteiger partial charge in [0.2, 0.25) is 0 Å². The minimum Gasteiger partial charge on any atom is -0.328 e. The van der Waals surface area contributed by atoms with E-state index in [4.69, 9.17) is 17.3 Å². The summed E-state index contributed by atoms with van der Waals surface area (Å²) >= 11 is 6.22. The number of halogens is 1. The highest BCUT2D eigenvalue weighted by atomic mass is 35.5. The number of hydrogen-bond donors (Lipinski definition) is 1. The highest BCUT2D eigenvalue weighted by Crippen LogP contribution is 2.64. The monoisotopic (exact) mass is 289 g/mol. The van der Waals surface area contributed by atoms with Gasteiger partial charge in [-0.25, -0.2) is 0 Å². The average molecular weight is 290 g/mol. The Hall–Kier alpha value is -0.530. The van der Waals surface area contributed by atoms with Crippen LogP contribution in [0.5, 0.6) is 0 Å². The SMILES string of the molecule is NC1CCC(CC2CC23CCc2ccc(Cl)cc23)CC1. The van der Waals surface area contributed by atoms with E-state index >= 15 is 0 Å². The Morgan fingerprint density at radius 1 is 1.20 bits per heavy atom. The van der Waals surface area contributed by atoms with E-state index < -0.39 is 0 Å². The summed E-state index contributed by atoms with van der Waals surface area (Å²) in [6.07, 6.45) is 10.7. The van der Waals surface area contributed by atoms with Crippen molar-refractivity contribution in [2.45, 2.75) is 62.8 Å². The second kappa shape index (κ2) is 4.74. The van der Waals surface area contributed by atoms with Crippen LogP contribution in [-0.4, -0.2) is 6.04 Å². The molecule has 0 aliphatic heterocycles. The van der Waals surface area contributed by atoms with E-state index in [-0.39, 0.29) is 0 Å². The van der Waals surface area contributed by atoms with Gasteiger partial charge in [0.05, 0.1) is 0 Å². The third-order valence-corrected chi connectivity index (χ3v) is 6.43. The Bertz CT molecular complexity index is 518. The minimum absolute atomic E-state index is 0.477. The second-order valence-electron chi connectivity index (χ2n) is 7.38. The summed E-state index contributed by atoms with van der Waals surface area (Å²) in [5, 5.41) is 0.916. The molecule has 4 rings (SSSR count). The Morgan fingerprint density at radius 2 is 2.00 bits per heavy atom. The molecule has 2 saturated carbocycles. The predicted molar refractivity (Wildman–Crippen MR) is 84.1 cm³/mol. The normalized spacial score (nSPS) is 39.0. The summed E-state index contributed by atoms with van der Waals surface area (Å²) in [7, 11) is 0. The molecule has 2 fully saturated rings. The third kappa shape index (κ3) is 2.10. The van der Waals surface area contributed by atoms with Crippen LogP contribution in [0.15, 0.2) is 18.2 Å². The molecule has 1 spiro atoms. The molecule has 0 heterocycles. The largest absolute Gasteiger partial charge is 0.328 e. The van der Waals surface area contributed by atoms with Crippen LogP contribution < -0.4 is 5.73 Å². The summed E-state index contributed by atoms with van der Waals surface area (Å²) in [6.45, 7) is 0. The summed E-state index contributed by atoms with van der Waals surface area (Å²) in [6, 6.07) is 7.03. The fourth-order valence-electron chi connectivity index (χ4n) is 4.87. The molecule has 0 saturated heterocycles. The Kier molecular flexibility index (Phi) is 3.12. The van der Waals surface area contributed by atoms with Crippen molar-refractivity contribution in [1.29, 1.82) is 0 Å². The molecule has 2 N–H and O–H groups in total. The van der Waals surface area contributed by atoms with Gasteiger partial charge in [0.1, 0.15) is 0 Å². The van der Waals surface area contributed by atoms with Gasteiger partial charge in [-0.15, -0.1) is 0 Å². The lowest BCUT2D eigenvalue weighted by Gasteiger charge is -2.26. The lowest BCUT2D eigenvalue weighted by molar-refractivity contribution is 0.292. The first-order valence-corrected chi connectivity index (χ1v) is 8.60. The van der Waals surface area contributed by atoms with Crippen LogP contribution in [0.1, 0.15) is 56.1 Å². The number of benzene rings is 1. The zero-order chi connectivity index (χ0) is 13.7. The second-order valence-corrected chi connectivity index (χ2v) is 7.81. The van der Waals surface area contributed by atoms with Crippen molar-refractivity contribution in [3.05, 3.63) is 34.3 Å². The first-order chi connectivity index (χ1) is 9.67. The molecule has 2 atom stereocenters. The molecule has 1 aromatic rings. The first kappa shape index (κ1) is 13.2. The molecule has 0 amide bonds. The number of nitrogens with two attached hydrogens (primary N) is 1. The summed E-state index contributed by atoms with van der Waals surface area (Å²) in [5.74, 6) is 1.85. The molecule has 1 nitrogen and oxygen atoms in total. The van der Waals surface area contributed by atoms with Crippen LogP contribution >= 0.6 is 11.6 Å². The molecule has 2 unspecified atom stereocenters. The van der Waals surface area contributed by atoms with Crippen molar-refractivity contribution in [3.8, 4) is 0 Å². The molecule has 2 heteroatoms. The Morgan fingerprint density at radius 3 is 2.80 bits per heavy atom. The molecular formula is C18H24ClN. The maximum absolute atomic E-state index is 6.22. The van der Waals surface area contributed by atoms with E-state index in [1.165, 1.54) is 51.4 Å². The number of fused-ring (bicyclic) bond motifs is 2. The highest BCUT2D eigenvalue weighted by molar-refractivity contribution is 6.30. The van der Waals surface area contributed by atoms with E-state index in [0.717, 1.165) is 16.9 Å². The molecule has 108 valence electrons. The number of hydrogen-bond acceptors (Lipinski definition) is 1. The molecule has 0 radical (unpaired) electrons. The number of rotatable bonds is 2. The van der Waals surface area contributed by atoms with Gasteiger partial charge in [0.25, 0.3) is 0 Å². The summed E-state index contributed by atoms with van der Waals surface area (Å²) < 4.78 is 0. The van der Waals surface area contributed by atoms with Gasteiger partial charge >= 0.3 is 0 Å². The van der Waals surface area contributed by atoms with Gasteiger partial charge in [-0.2, -0.15) is 0 Å². The van der Waals surface area contributed by atoms with Crippen LogP contribution in [0, 0.1) is 11.8 Å². The molecule has 0 aromatic heterocycles. The molecule has 3 aliphatic carbocycles. The lowest BCUT2D eigenvalue weighted by Crippen LogP contribution is -2.27. The highest BCUT2D eigenvalue weighted by Gasteiger charge is 2.57. The summed E-state index contributed by atoms with van der Waals surface area (Å²) in [5.41, 5.74) is 9.68. The van der Waals surface area contributed by atoms with Crippen LogP contribution in [0.3, 0.4) is 0 Å².